The molecule has 0 saturated heterocycles. The highest BCUT2D eigenvalue weighted by Crippen LogP contribution is 2.51. The molecule has 0 amide bonds. The second-order valence-corrected chi connectivity index (χ2v) is 9.01. The van der Waals surface area contributed by atoms with Crippen molar-refractivity contribution in [2.75, 3.05) is 7.11 Å². The lowest BCUT2D eigenvalue weighted by molar-refractivity contribution is -0.152. The summed E-state index contributed by atoms with van der Waals surface area (Å²) < 4.78 is 12.3. The Balaban J connectivity index is 1.33. The van der Waals surface area contributed by atoms with Crippen LogP contribution in [0, 0.1) is 0 Å². The number of methoxy groups -OCH3 is 1. The van der Waals surface area contributed by atoms with Gasteiger partial charge >= 0.3 is 0 Å². The summed E-state index contributed by atoms with van der Waals surface area (Å²) in [5.74, 6) is 2.47. The van der Waals surface area contributed by atoms with Gasteiger partial charge in [0.2, 0.25) is 0 Å². The minimum atomic E-state index is -0.346. The summed E-state index contributed by atoms with van der Waals surface area (Å²) in [5.41, 5.74) is 8.28. The molecule has 1 fully saturated rings. The minimum absolute atomic E-state index is 0.148. The van der Waals surface area contributed by atoms with Crippen molar-refractivity contribution < 1.29 is 9.47 Å². The number of hydrogen-bond donors (Lipinski definition) is 1. The molecule has 1 aliphatic carbocycles. The van der Waals surface area contributed by atoms with Crippen LogP contribution in [0.4, 0.5) is 0 Å². The first-order valence-electron chi connectivity index (χ1n) is 11.5. The summed E-state index contributed by atoms with van der Waals surface area (Å²) >= 11 is 0. The average molecular weight is 425 g/mol. The summed E-state index contributed by atoms with van der Waals surface area (Å²) in [4.78, 5) is 0. The van der Waals surface area contributed by atoms with Gasteiger partial charge in [0.15, 0.2) is 5.72 Å². The highest BCUT2D eigenvalue weighted by Gasteiger charge is 2.51. The fraction of sp³-hybridized carbons (Fsp3) is 0.286. The van der Waals surface area contributed by atoms with Gasteiger partial charge in [0.1, 0.15) is 11.5 Å². The van der Waals surface area contributed by atoms with Crippen LogP contribution in [0.15, 0.2) is 84.9 Å². The van der Waals surface area contributed by atoms with Crippen molar-refractivity contribution in [3.63, 3.8) is 0 Å². The summed E-state index contributed by atoms with van der Waals surface area (Å²) in [6.45, 7) is 0. The molecule has 0 aromatic heterocycles. The Labute approximate surface area is 189 Å². The maximum Gasteiger partial charge on any atom is 0.180 e. The predicted molar refractivity (Wildman–Crippen MR) is 126 cm³/mol. The lowest BCUT2D eigenvalue weighted by atomic mass is 9.78. The van der Waals surface area contributed by atoms with Gasteiger partial charge in [0, 0.05) is 24.0 Å². The molecule has 4 nitrogen and oxygen atoms in total. The van der Waals surface area contributed by atoms with Crippen molar-refractivity contribution in [1.82, 2.24) is 10.4 Å². The molecule has 162 valence electrons. The van der Waals surface area contributed by atoms with E-state index in [1.807, 2.05) is 12.1 Å². The van der Waals surface area contributed by atoms with Gasteiger partial charge in [0.25, 0.3) is 0 Å². The smallest absolute Gasteiger partial charge is 0.180 e. The van der Waals surface area contributed by atoms with Gasteiger partial charge in [-0.15, -0.1) is 0 Å². The number of benzene rings is 3. The standard InChI is InChI=1S/C28H28N2O2/c1-31-23-11-7-10-22(18-23)25-19-26-24-12-5-6-13-27(24)32-28(30(26)29-25)16-14-21(15-17-28)20-8-3-2-4-9-20/h2-13,18-19,21,26,29H,14-17H2,1H3/t21?,26-,28?/m1/s1. The van der Waals surface area contributed by atoms with E-state index in [0.29, 0.717) is 5.92 Å². The van der Waals surface area contributed by atoms with Crippen molar-refractivity contribution in [3.8, 4) is 11.5 Å². The van der Waals surface area contributed by atoms with E-state index in [9.17, 15) is 0 Å². The van der Waals surface area contributed by atoms with E-state index in [4.69, 9.17) is 9.47 Å². The van der Waals surface area contributed by atoms with Crippen molar-refractivity contribution in [2.45, 2.75) is 43.4 Å². The Bertz CT molecular complexity index is 1150. The number of para-hydroxylation sites is 1. The van der Waals surface area contributed by atoms with E-state index in [-0.39, 0.29) is 11.8 Å². The Kier molecular flexibility index (Phi) is 4.69. The van der Waals surface area contributed by atoms with E-state index in [0.717, 1.165) is 48.4 Å². The van der Waals surface area contributed by atoms with Crippen LogP contribution in [0.3, 0.4) is 0 Å². The third kappa shape index (κ3) is 3.18. The van der Waals surface area contributed by atoms with Crippen LogP contribution in [0.5, 0.6) is 11.5 Å². The van der Waals surface area contributed by atoms with Crippen molar-refractivity contribution in [3.05, 3.63) is 102 Å². The zero-order valence-electron chi connectivity index (χ0n) is 18.3. The van der Waals surface area contributed by atoms with Gasteiger partial charge in [-0.1, -0.05) is 60.7 Å². The number of hydrazine groups is 1. The van der Waals surface area contributed by atoms with E-state index >= 15 is 0 Å². The molecule has 32 heavy (non-hydrogen) atoms. The Morgan fingerprint density at radius 2 is 1.72 bits per heavy atom. The molecule has 0 radical (unpaired) electrons. The first-order valence-corrected chi connectivity index (χ1v) is 11.5. The van der Waals surface area contributed by atoms with Crippen molar-refractivity contribution in [2.24, 2.45) is 0 Å². The van der Waals surface area contributed by atoms with Gasteiger partial charge in [0.05, 0.1) is 18.8 Å². The molecule has 1 atom stereocenters. The van der Waals surface area contributed by atoms with Crippen LogP contribution in [-0.4, -0.2) is 17.8 Å². The Morgan fingerprint density at radius 3 is 2.53 bits per heavy atom. The first kappa shape index (κ1) is 19.4. The molecule has 0 bridgehead atoms. The third-order valence-corrected chi connectivity index (χ3v) is 7.24. The number of nitrogens with one attached hydrogen (secondary N) is 1. The fourth-order valence-electron chi connectivity index (χ4n) is 5.55. The summed E-state index contributed by atoms with van der Waals surface area (Å²) in [6, 6.07) is 27.8. The lowest BCUT2D eigenvalue weighted by Crippen LogP contribution is -2.60. The second kappa shape index (κ2) is 7.72. The maximum atomic E-state index is 6.79. The van der Waals surface area contributed by atoms with Gasteiger partial charge in [-0.05, 0) is 48.6 Å². The van der Waals surface area contributed by atoms with Gasteiger partial charge in [-0.25, -0.2) is 0 Å². The average Bonchev–Trinajstić information content (AvgIpc) is 3.32. The number of nitrogens with zero attached hydrogens (tertiary/aromatic N) is 1. The fourth-order valence-corrected chi connectivity index (χ4v) is 5.55. The molecule has 3 aromatic carbocycles. The molecule has 1 saturated carbocycles. The number of hydrogen-bond acceptors (Lipinski definition) is 4. The summed E-state index contributed by atoms with van der Waals surface area (Å²) in [5, 5.41) is 2.37. The quantitative estimate of drug-likeness (QED) is 0.555. The molecule has 6 rings (SSSR count). The highest BCUT2D eigenvalue weighted by molar-refractivity contribution is 5.68. The normalized spacial score (nSPS) is 26.5. The lowest BCUT2D eigenvalue weighted by Gasteiger charge is -2.51. The van der Waals surface area contributed by atoms with Gasteiger partial charge < -0.3 is 14.9 Å². The molecule has 1 spiro atoms. The van der Waals surface area contributed by atoms with Crippen molar-refractivity contribution in [1.29, 1.82) is 0 Å². The monoisotopic (exact) mass is 424 g/mol. The molecule has 2 aliphatic heterocycles. The maximum absolute atomic E-state index is 6.79. The molecule has 4 heteroatoms. The Morgan fingerprint density at radius 1 is 0.938 bits per heavy atom. The Hall–Kier alpha value is -3.24. The van der Waals surface area contributed by atoms with Crippen LogP contribution >= 0.6 is 0 Å². The zero-order valence-corrected chi connectivity index (χ0v) is 18.3. The molecule has 2 heterocycles. The third-order valence-electron chi connectivity index (χ3n) is 7.24. The zero-order chi connectivity index (χ0) is 21.5. The van der Waals surface area contributed by atoms with E-state index in [1.165, 1.54) is 11.1 Å². The molecule has 0 unspecified atom stereocenters. The molecular weight excluding hydrogens is 396 g/mol. The molecule has 3 aromatic rings. The predicted octanol–water partition coefficient (Wildman–Crippen LogP) is 6.04. The molecule has 1 N–H and O–H groups in total. The SMILES string of the molecule is COc1cccc(C2=C[C@@H]3c4ccccc4OC4(CCC(c5ccccc5)CC4)N3N2)c1. The summed E-state index contributed by atoms with van der Waals surface area (Å²) in [7, 11) is 1.71. The van der Waals surface area contributed by atoms with Crippen LogP contribution in [0.2, 0.25) is 0 Å². The number of fused-ring (bicyclic) bond motifs is 4. The highest BCUT2D eigenvalue weighted by atomic mass is 16.5. The van der Waals surface area contributed by atoms with Crippen molar-refractivity contribution >= 4 is 5.70 Å². The van der Waals surface area contributed by atoms with Crippen LogP contribution < -0.4 is 14.9 Å². The van der Waals surface area contributed by atoms with Crippen LogP contribution in [0.25, 0.3) is 5.70 Å². The van der Waals surface area contributed by atoms with Crippen LogP contribution in [-0.2, 0) is 0 Å². The number of rotatable bonds is 3. The van der Waals surface area contributed by atoms with E-state index in [2.05, 4.69) is 83.2 Å². The largest absolute Gasteiger partial charge is 0.497 e. The van der Waals surface area contributed by atoms with E-state index < -0.39 is 0 Å². The number of ether oxygens (including phenoxy) is 2. The van der Waals surface area contributed by atoms with Gasteiger partial charge in [-0.3, -0.25) is 0 Å². The first-order chi connectivity index (χ1) is 15.8. The molecular formula is C28H28N2O2. The van der Waals surface area contributed by atoms with Gasteiger partial charge in [-0.2, -0.15) is 5.01 Å². The van der Waals surface area contributed by atoms with Crippen LogP contribution in [0.1, 0.15) is 54.3 Å². The topological polar surface area (TPSA) is 33.7 Å². The molecule has 3 aliphatic rings. The minimum Gasteiger partial charge on any atom is -0.497 e. The second-order valence-electron chi connectivity index (χ2n) is 9.01. The van der Waals surface area contributed by atoms with E-state index in [1.54, 1.807) is 7.11 Å². The summed E-state index contributed by atoms with van der Waals surface area (Å²) in [6.07, 6.45) is 6.55.